The number of carbonyl (C=O) groups is 1. The summed E-state index contributed by atoms with van der Waals surface area (Å²) in [6, 6.07) is 0. The lowest BCUT2D eigenvalue weighted by atomic mass is 10.1. The van der Waals surface area contributed by atoms with Gasteiger partial charge in [-0.2, -0.15) is 0 Å². The van der Waals surface area contributed by atoms with Crippen LogP contribution in [0.5, 0.6) is 0 Å². The minimum atomic E-state index is -1.58. The Hall–Kier alpha value is -0.613. The molecule has 3 nitrogen and oxygen atoms in total. The van der Waals surface area contributed by atoms with Crippen LogP contribution in [0.4, 0.5) is 0 Å². The van der Waals surface area contributed by atoms with E-state index in [1.54, 1.807) is 6.08 Å². The second kappa shape index (κ2) is 8.54. The Morgan fingerprint density at radius 3 is 2.26 bits per heavy atom. The van der Waals surface area contributed by atoms with Crippen LogP contribution >= 0.6 is 0 Å². The van der Waals surface area contributed by atoms with Crippen molar-refractivity contribution in [1.82, 2.24) is 0 Å². The maximum absolute atomic E-state index is 10.2. The molecule has 0 aromatic rings. The molecule has 0 spiro atoms. The molecular weight excluding hydrogens is 256 g/mol. The third-order valence-electron chi connectivity index (χ3n) is 3.79. The van der Waals surface area contributed by atoms with Crippen molar-refractivity contribution in [1.29, 1.82) is 0 Å². The first-order valence-corrected chi connectivity index (χ1v) is 10.1. The molecule has 0 heterocycles. The largest absolute Gasteiger partial charge is 0.478 e. The molecule has 19 heavy (non-hydrogen) atoms. The Balaban J connectivity index is 3.54. The molecule has 0 aromatic heterocycles. The fraction of sp³-hybridized carbons (Fsp3) is 0.800. The van der Waals surface area contributed by atoms with Crippen molar-refractivity contribution in [3.8, 4) is 0 Å². The molecule has 112 valence electrons. The van der Waals surface area contributed by atoms with Crippen LogP contribution in [-0.4, -0.2) is 26.0 Å². The highest BCUT2D eigenvalue weighted by Gasteiger charge is 2.36. The molecule has 4 heteroatoms. The lowest BCUT2D eigenvalue weighted by Gasteiger charge is -2.36. The van der Waals surface area contributed by atoms with Gasteiger partial charge in [0.15, 0.2) is 8.32 Å². The van der Waals surface area contributed by atoms with Crippen molar-refractivity contribution >= 4 is 14.3 Å². The molecule has 0 bridgehead atoms. The summed E-state index contributed by atoms with van der Waals surface area (Å²) in [4.78, 5) is 10.2. The highest BCUT2D eigenvalue weighted by Crippen LogP contribution is 2.36. The van der Waals surface area contributed by atoms with E-state index in [9.17, 15) is 4.79 Å². The molecular formula is C15H30O3Si. The van der Waals surface area contributed by atoms with Gasteiger partial charge in [0.2, 0.25) is 0 Å². The predicted molar refractivity (Wildman–Crippen MR) is 83.0 cm³/mol. The molecule has 0 radical (unpaired) electrons. The summed E-state index contributed by atoms with van der Waals surface area (Å²) in [5.74, 6) is -0.859. The Morgan fingerprint density at radius 2 is 1.74 bits per heavy atom. The van der Waals surface area contributed by atoms with Crippen LogP contribution in [-0.2, 0) is 9.22 Å². The van der Waals surface area contributed by atoms with Crippen LogP contribution in [0.2, 0.25) is 18.1 Å². The average Bonchev–Trinajstić information content (AvgIpc) is 2.24. The van der Waals surface area contributed by atoms with Crippen molar-refractivity contribution in [2.45, 2.75) is 71.0 Å². The Kier molecular flexibility index (Phi) is 8.26. The van der Waals surface area contributed by atoms with Crippen LogP contribution in [0.3, 0.4) is 0 Å². The third-order valence-corrected chi connectivity index (χ3v) is 8.33. The number of unbranched alkanes of at least 4 members (excludes halogenated alkanes) is 4. The summed E-state index contributed by atoms with van der Waals surface area (Å²) in [7, 11) is -1.58. The van der Waals surface area contributed by atoms with Crippen LogP contribution in [0, 0.1) is 0 Å². The standard InChI is InChI=1S/C15H30O3Si/c1-15(2,3)19(4,5)18-13-11-9-7-6-8-10-12-14(16)17/h10,12H,6-9,11,13H2,1-5H3,(H,16,17). The van der Waals surface area contributed by atoms with E-state index in [1.807, 2.05) is 0 Å². The van der Waals surface area contributed by atoms with Gasteiger partial charge in [0, 0.05) is 12.7 Å². The zero-order chi connectivity index (χ0) is 14.9. The summed E-state index contributed by atoms with van der Waals surface area (Å²) in [5, 5.41) is 8.71. The van der Waals surface area contributed by atoms with Crippen molar-refractivity contribution in [3.63, 3.8) is 0 Å². The Bertz CT molecular complexity index is 290. The van der Waals surface area contributed by atoms with E-state index in [0.29, 0.717) is 0 Å². The van der Waals surface area contributed by atoms with Gasteiger partial charge in [0.1, 0.15) is 0 Å². The summed E-state index contributed by atoms with van der Waals surface area (Å²) >= 11 is 0. The van der Waals surface area contributed by atoms with Gasteiger partial charge in [-0.05, 0) is 37.4 Å². The van der Waals surface area contributed by atoms with E-state index in [1.165, 1.54) is 6.08 Å². The lowest BCUT2D eigenvalue weighted by molar-refractivity contribution is -0.131. The molecule has 0 aliphatic heterocycles. The second-order valence-corrected chi connectivity index (χ2v) is 11.4. The minimum Gasteiger partial charge on any atom is -0.478 e. The van der Waals surface area contributed by atoms with Gasteiger partial charge in [-0.3, -0.25) is 0 Å². The van der Waals surface area contributed by atoms with E-state index in [-0.39, 0.29) is 5.04 Å². The topological polar surface area (TPSA) is 46.5 Å². The number of carboxylic acids is 1. The summed E-state index contributed by atoms with van der Waals surface area (Å²) in [6.45, 7) is 12.2. The fourth-order valence-electron chi connectivity index (χ4n) is 1.45. The Morgan fingerprint density at radius 1 is 1.16 bits per heavy atom. The van der Waals surface area contributed by atoms with Gasteiger partial charge in [0.25, 0.3) is 0 Å². The van der Waals surface area contributed by atoms with Crippen LogP contribution in [0.15, 0.2) is 12.2 Å². The zero-order valence-electron chi connectivity index (χ0n) is 13.2. The van der Waals surface area contributed by atoms with Crippen LogP contribution in [0.1, 0.15) is 52.9 Å². The van der Waals surface area contributed by atoms with Crippen molar-refractivity contribution < 1.29 is 14.3 Å². The molecule has 0 saturated carbocycles. The SMILES string of the molecule is CC(C)(C)[Si](C)(C)OCCCCCCC=CC(=O)O. The van der Waals surface area contributed by atoms with E-state index in [0.717, 1.165) is 38.7 Å². The minimum absolute atomic E-state index is 0.286. The average molecular weight is 286 g/mol. The van der Waals surface area contributed by atoms with Crippen LogP contribution < -0.4 is 0 Å². The number of carboxylic acid groups (broad SMARTS) is 1. The highest BCUT2D eigenvalue weighted by molar-refractivity contribution is 6.74. The van der Waals surface area contributed by atoms with Crippen molar-refractivity contribution in [3.05, 3.63) is 12.2 Å². The molecule has 1 N–H and O–H groups in total. The summed E-state index contributed by atoms with van der Waals surface area (Å²) in [5.41, 5.74) is 0. The summed E-state index contributed by atoms with van der Waals surface area (Å²) < 4.78 is 6.10. The number of rotatable bonds is 9. The van der Waals surface area contributed by atoms with Gasteiger partial charge in [0.05, 0.1) is 0 Å². The quantitative estimate of drug-likeness (QED) is 0.383. The molecule has 0 aliphatic carbocycles. The van der Waals surface area contributed by atoms with E-state index < -0.39 is 14.3 Å². The Labute approximate surface area is 119 Å². The monoisotopic (exact) mass is 286 g/mol. The van der Waals surface area contributed by atoms with Crippen molar-refractivity contribution in [2.75, 3.05) is 6.61 Å². The second-order valence-electron chi connectivity index (χ2n) is 6.55. The molecule has 0 rings (SSSR count). The molecule has 0 unspecified atom stereocenters. The number of allylic oxidation sites excluding steroid dienone is 1. The normalized spacial score (nSPS) is 13.1. The summed E-state index contributed by atoms with van der Waals surface area (Å²) in [6.07, 6.45) is 8.28. The number of aliphatic carboxylic acids is 1. The van der Waals surface area contributed by atoms with E-state index >= 15 is 0 Å². The van der Waals surface area contributed by atoms with Crippen LogP contribution in [0.25, 0.3) is 0 Å². The maximum Gasteiger partial charge on any atom is 0.327 e. The molecule has 0 aromatic carbocycles. The lowest BCUT2D eigenvalue weighted by Crippen LogP contribution is -2.40. The molecule has 0 fully saturated rings. The molecule has 0 aliphatic rings. The number of hydrogen-bond donors (Lipinski definition) is 1. The van der Waals surface area contributed by atoms with Gasteiger partial charge in [-0.15, -0.1) is 0 Å². The smallest absolute Gasteiger partial charge is 0.327 e. The predicted octanol–water partition coefficient (Wildman–Crippen LogP) is 4.60. The molecule has 0 atom stereocenters. The van der Waals surface area contributed by atoms with Gasteiger partial charge >= 0.3 is 5.97 Å². The van der Waals surface area contributed by atoms with E-state index in [2.05, 4.69) is 33.9 Å². The van der Waals surface area contributed by atoms with Gasteiger partial charge < -0.3 is 9.53 Å². The van der Waals surface area contributed by atoms with E-state index in [4.69, 9.17) is 9.53 Å². The first-order valence-electron chi connectivity index (χ1n) is 7.20. The fourth-order valence-corrected chi connectivity index (χ4v) is 2.53. The first kappa shape index (κ1) is 18.4. The van der Waals surface area contributed by atoms with Crippen molar-refractivity contribution in [2.24, 2.45) is 0 Å². The van der Waals surface area contributed by atoms with Gasteiger partial charge in [-0.1, -0.05) is 39.7 Å². The number of hydrogen-bond acceptors (Lipinski definition) is 2. The van der Waals surface area contributed by atoms with Gasteiger partial charge in [-0.25, -0.2) is 4.79 Å². The highest BCUT2D eigenvalue weighted by atomic mass is 28.4. The molecule has 0 amide bonds. The maximum atomic E-state index is 10.2. The zero-order valence-corrected chi connectivity index (χ0v) is 14.2. The molecule has 0 saturated heterocycles. The third kappa shape index (κ3) is 9.00. The first-order chi connectivity index (χ1) is 8.67.